The Kier molecular flexibility index (Phi) is 3.94. The van der Waals surface area contributed by atoms with Gasteiger partial charge in [0.1, 0.15) is 5.69 Å². The van der Waals surface area contributed by atoms with E-state index < -0.39 is 0 Å². The van der Waals surface area contributed by atoms with Gasteiger partial charge in [-0.3, -0.25) is 10.1 Å². The zero-order valence-corrected chi connectivity index (χ0v) is 12.4. The summed E-state index contributed by atoms with van der Waals surface area (Å²) in [6.07, 6.45) is 3.75. The van der Waals surface area contributed by atoms with Crippen LogP contribution in [0.5, 0.6) is 0 Å². The average Bonchev–Trinajstić information content (AvgIpc) is 3.16. The molecule has 1 aliphatic heterocycles. The SMILES string of the molecule is CCn1cc(Cl)cc1C(=O)Nc1nnc(C2CCCN2)o1. The molecule has 1 fully saturated rings. The van der Waals surface area contributed by atoms with Crippen LogP contribution >= 0.6 is 11.6 Å². The lowest BCUT2D eigenvalue weighted by molar-refractivity contribution is 0.101. The van der Waals surface area contributed by atoms with Crippen LogP contribution in [-0.2, 0) is 6.54 Å². The highest BCUT2D eigenvalue weighted by atomic mass is 35.5. The maximum Gasteiger partial charge on any atom is 0.322 e. The molecule has 1 amide bonds. The second-order valence-electron chi connectivity index (χ2n) is 4.88. The largest absolute Gasteiger partial charge is 0.406 e. The van der Waals surface area contributed by atoms with E-state index in [1.54, 1.807) is 16.8 Å². The summed E-state index contributed by atoms with van der Waals surface area (Å²) in [7, 11) is 0. The van der Waals surface area contributed by atoms with Gasteiger partial charge in [0.15, 0.2) is 0 Å². The number of nitrogens with zero attached hydrogens (tertiary/aromatic N) is 3. The molecule has 0 aromatic carbocycles. The van der Waals surface area contributed by atoms with E-state index in [0.717, 1.165) is 19.4 Å². The number of carbonyl (C=O) groups is 1. The molecular weight excluding hydrogens is 294 g/mol. The fourth-order valence-corrected chi connectivity index (χ4v) is 2.63. The summed E-state index contributed by atoms with van der Waals surface area (Å²) in [6.45, 7) is 3.53. The molecule has 21 heavy (non-hydrogen) atoms. The first-order chi connectivity index (χ1) is 10.2. The highest BCUT2D eigenvalue weighted by molar-refractivity contribution is 6.31. The van der Waals surface area contributed by atoms with Crippen LogP contribution in [0.15, 0.2) is 16.7 Å². The maximum absolute atomic E-state index is 12.2. The molecule has 8 heteroatoms. The summed E-state index contributed by atoms with van der Waals surface area (Å²) in [6, 6.07) is 1.79. The van der Waals surface area contributed by atoms with Crippen LogP contribution in [0, 0.1) is 0 Å². The van der Waals surface area contributed by atoms with E-state index in [1.165, 1.54) is 0 Å². The molecule has 3 heterocycles. The third-order valence-electron chi connectivity index (χ3n) is 3.46. The second kappa shape index (κ2) is 5.87. The van der Waals surface area contributed by atoms with Crippen LogP contribution in [0.3, 0.4) is 0 Å². The predicted molar refractivity (Wildman–Crippen MR) is 77.3 cm³/mol. The van der Waals surface area contributed by atoms with Crippen molar-refractivity contribution in [2.75, 3.05) is 11.9 Å². The average molecular weight is 310 g/mol. The number of aryl methyl sites for hydroxylation is 1. The summed E-state index contributed by atoms with van der Waals surface area (Å²) in [4.78, 5) is 12.2. The summed E-state index contributed by atoms with van der Waals surface area (Å²) < 4.78 is 7.24. The van der Waals surface area contributed by atoms with Crippen LogP contribution in [0.2, 0.25) is 5.02 Å². The van der Waals surface area contributed by atoms with E-state index in [-0.39, 0.29) is 18.0 Å². The lowest BCUT2D eigenvalue weighted by Gasteiger charge is -2.05. The molecule has 0 radical (unpaired) electrons. The van der Waals surface area contributed by atoms with E-state index in [0.29, 0.717) is 23.2 Å². The van der Waals surface area contributed by atoms with Crippen molar-refractivity contribution in [1.82, 2.24) is 20.1 Å². The van der Waals surface area contributed by atoms with Crippen molar-refractivity contribution >= 4 is 23.5 Å². The molecular formula is C13H16ClN5O2. The van der Waals surface area contributed by atoms with Crippen LogP contribution in [0.1, 0.15) is 42.2 Å². The number of amides is 1. The molecule has 2 aromatic rings. The number of aromatic nitrogens is 3. The van der Waals surface area contributed by atoms with Crippen molar-refractivity contribution in [1.29, 1.82) is 0 Å². The van der Waals surface area contributed by atoms with E-state index in [9.17, 15) is 4.79 Å². The van der Waals surface area contributed by atoms with Gasteiger partial charge in [0.05, 0.1) is 11.1 Å². The minimum Gasteiger partial charge on any atom is -0.406 e. The minimum absolute atomic E-state index is 0.0806. The molecule has 1 aliphatic rings. The normalized spacial score (nSPS) is 18.1. The molecule has 2 N–H and O–H groups in total. The van der Waals surface area contributed by atoms with Crippen LogP contribution in [-0.4, -0.2) is 27.2 Å². The van der Waals surface area contributed by atoms with Crippen molar-refractivity contribution in [3.63, 3.8) is 0 Å². The van der Waals surface area contributed by atoms with E-state index in [2.05, 4.69) is 20.8 Å². The van der Waals surface area contributed by atoms with Gasteiger partial charge in [-0.05, 0) is 32.4 Å². The molecule has 0 saturated carbocycles. The number of anilines is 1. The van der Waals surface area contributed by atoms with Crippen molar-refractivity contribution in [3.05, 3.63) is 28.9 Å². The summed E-state index contributed by atoms with van der Waals surface area (Å²) in [5, 5.41) is 14.2. The predicted octanol–water partition coefficient (Wildman–Crippen LogP) is 2.22. The molecule has 2 aromatic heterocycles. The first-order valence-electron chi connectivity index (χ1n) is 6.91. The Labute approximate surface area is 126 Å². The van der Waals surface area contributed by atoms with Gasteiger partial charge >= 0.3 is 6.01 Å². The number of carbonyl (C=O) groups excluding carboxylic acids is 1. The lowest BCUT2D eigenvalue weighted by atomic mass is 10.2. The molecule has 1 unspecified atom stereocenters. The Morgan fingerprint density at radius 3 is 3.19 bits per heavy atom. The summed E-state index contributed by atoms with van der Waals surface area (Å²) >= 11 is 5.92. The van der Waals surface area contributed by atoms with Crippen LogP contribution < -0.4 is 10.6 Å². The number of halogens is 1. The standard InChI is InChI=1S/C13H16ClN5O2/c1-2-19-7-8(14)6-10(19)11(20)16-13-18-17-12(21-13)9-4-3-5-15-9/h6-7,9,15H,2-5H2,1H3,(H,16,18,20). The molecule has 0 spiro atoms. The Balaban J connectivity index is 1.72. The van der Waals surface area contributed by atoms with Gasteiger partial charge in [0.25, 0.3) is 5.91 Å². The van der Waals surface area contributed by atoms with Gasteiger partial charge in [-0.15, -0.1) is 5.10 Å². The van der Waals surface area contributed by atoms with Gasteiger partial charge in [0.2, 0.25) is 5.89 Å². The van der Waals surface area contributed by atoms with Crippen LogP contribution in [0.25, 0.3) is 0 Å². The van der Waals surface area contributed by atoms with Crippen molar-refractivity contribution in [2.24, 2.45) is 0 Å². The summed E-state index contributed by atoms with van der Waals surface area (Å²) in [5.74, 6) is 0.185. The molecule has 7 nitrogen and oxygen atoms in total. The number of hydrogen-bond acceptors (Lipinski definition) is 5. The number of nitrogens with one attached hydrogen (secondary N) is 2. The van der Waals surface area contributed by atoms with Crippen molar-refractivity contribution in [2.45, 2.75) is 32.4 Å². The van der Waals surface area contributed by atoms with Crippen LogP contribution in [0.4, 0.5) is 6.01 Å². The van der Waals surface area contributed by atoms with Gasteiger partial charge in [-0.2, -0.15) is 0 Å². The Bertz CT molecular complexity index is 645. The zero-order valence-electron chi connectivity index (χ0n) is 11.6. The van der Waals surface area contributed by atoms with E-state index >= 15 is 0 Å². The molecule has 0 bridgehead atoms. The van der Waals surface area contributed by atoms with Gasteiger partial charge in [-0.25, -0.2) is 0 Å². The third kappa shape index (κ3) is 2.93. The van der Waals surface area contributed by atoms with Gasteiger partial charge < -0.3 is 14.3 Å². The molecule has 1 saturated heterocycles. The lowest BCUT2D eigenvalue weighted by Crippen LogP contribution is -2.16. The van der Waals surface area contributed by atoms with E-state index in [1.807, 2.05) is 6.92 Å². The molecule has 112 valence electrons. The minimum atomic E-state index is -0.321. The second-order valence-corrected chi connectivity index (χ2v) is 5.31. The zero-order chi connectivity index (χ0) is 14.8. The fourth-order valence-electron chi connectivity index (χ4n) is 2.41. The van der Waals surface area contributed by atoms with Gasteiger partial charge in [-0.1, -0.05) is 16.7 Å². The Morgan fingerprint density at radius 2 is 2.48 bits per heavy atom. The number of rotatable bonds is 4. The van der Waals surface area contributed by atoms with E-state index in [4.69, 9.17) is 16.0 Å². The van der Waals surface area contributed by atoms with Gasteiger partial charge in [0, 0.05) is 12.7 Å². The fraction of sp³-hybridized carbons (Fsp3) is 0.462. The monoisotopic (exact) mass is 309 g/mol. The Morgan fingerprint density at radius 1 is 1.62 bits per heavy atom. The molecule has 0 aliphatic carbocycles. The first kappa shape index (κ1) is 14.1. The molecule has 1 atom stereocenters. The molecule has 3 rings (SSSR count). The smallest absolute Gasteiger partial charge is 0.322 e. The number of hydrogen-bond donors (Lipinski definition) is 2. The third-order valence-corrected chi connectivity index (χ3v) is 3.66. The summed E-state index contributed by atoms with van der Waals surface area (Å²) in [5.41, 5.74) is 0.459. The van der Waals surface area contributed by atoms with Crippen molar-refractivity contribution in [3.8, 4) is 0 Å². The quantitative estimate of drug-likeness (QED) is 0.904. The topological polar surface area (TPSA) is 85.0 Å². The van der Waals surface area contributed by atoms with Crippen molar-refractivity contribution < 1.29 is 9.21 Å². The first-order valence-corrected chi connectivity index (χ1v) is 7.29. The highest BCUT2D eigenvalue weighted by Gasteiger charge is 2.23. The highest BCUT2D eigenvalue weighted by Crippen LogP contribution is 2.23. The Hall–Kier alpha value is -1.86. The maximum atomic E-state index is 12.2.